The summed E-state index contributed by atoms with van der Waals surface area (Å²) < 4.78 is 5.98. The van der Waals surface area contributed by atoms with Crippen molar-refractivity contribution in [2.75, 3.05) is 6.61 Å². The smallest absolute Gasteiger partial charge is 0.0603 e. The zero-order valence-electron chi connectivity index (χ0n) is 10.4. The lowest BCUT2D eigenvalue weighted by Gasteiger charge is -2.30. The lowest BCUT2D eigenvalue weighted by Crippen LogP contribution is -2.28. The van der Waals surface area contributed by atoms with E-state index in [1.807, 2.05) is 0 Å². The molecule has 0 aromatic heterocycles. The molecule has 0 spiro atoms. The third-order valence-corrected chi connectivity index (χ3v) is 3.50. The minimum Gasteiger partial charge on any atom is -0.378 e. The van der Waals surface area contributed by atoms with Crippen LogP contribution in [0.25, 0.3) is 0 Å². The monoisotopic (exact) mass is 213 g/mol. The highest BCUT2D eigenvalue weighted by Crippen LogP contribution is 2.29. The molecule has 0 aliphatic heterocycles. The first kappa shape index (κ1) is 13.0. The van der Waals surface area contributed by atoms with Gasteiger partial charge in [0.1, 0.15) is 0 Å². The summed E-state index contributed by atoms with van der Waals surface area (Å²) >= 11 is 0. The molecular weight excluding hydrogens is 186 g/mol. The predicted octanol–water partition coefficient (Wildman–Crippen LogP) is 3.10. The average molecular weight is 213 g/mol. The van der Waals surface area contributed by atoms with Crippen LogP contribution in [-0.2, 0) is 4.74 Å². The summed E-state index contributed by atoms with van der Waals surface area (Å²) in [4.78, 5) is 0. The molecule has 0 aromatic carbocycles. The molecule has 1 aliphatic carbocycles. The van der Waals surface area contributed by atoms with Gasteiger partial charge in [0, 0.05) is 12.6 Å². The van der Waals surface area contributed by atoms with E-state index in [0.29, 0.717) is 12.1 Å². The first-order valence-electron chi connectivity index (χ1n) is 6.61. The Morgan fingerprint density at radius 2 is 2.07 bits per heavy atom. The first-order chi connectivity index (χ1) is 7.24. The summed E-state index contributed by atoms with van der Waals surface area (Å²) in [6.07, 6.45) is 9.42. The van der Waals surface area contributed by atoms with Gasteiger partial charge in [0.05, 0.1) is 6.10 Å². The Bertz CT molecular complexity index is 159. The quantitative estimate of drug-likeness (QED) is 0.688. The van der Waals surface area contributed by atoms with Crippen LogP contribution < -0.4 is 5.73 Å². The van der Waals surface area contributed by atoms with Crippen LogP contribution in [0.15, 0.2) is 0 Å². The second kappa shape index (κ2) is 7.24. The molecule has 0 saturated heterocycles. The molecule has 90 valence electrons. The van der Waals surface area contributed by atoms with E-state index in [-0.39, 0.29) is 0 Å². The predicted molar refractivity (Wildman–Crippen MR) is 64.9 cm³/mol. The Morgan fingerprint density at radius 1 is 1.33 bits per heavy atom. The standard InChI is InChI=1S/C13H27NO/c1-3-12-8-4-5-9-13(12)15-10-6-7-11(2)14/h11-13H,3-10,14H2,1-2H3. The third kappa shape index (κ3) is 4.98. The van der Waals surface area contributed by atoms with Crippen molar-refractivity contribution in [2.45, 2.75) is 70.9 Å². The Balaban J connectivity index is 2.12. The van der Waals surface area contributed by atoms with E-state index in [1.165, 1.54) is 32.1 Å². The van der Waals surface area contributed by atoms with Crippen molar-refractivity contribution < 1.29 is 4.74 Å². The molecule has 0 amide bonds. The van der Waals surface area contributed by atoms with E-state index >= 15 is 0 Å². The Kier molecular flexibility index (Phi) is 6.26. The molecule has 0 aromatic rings. The van der Waals surface area contributed by atoms with Crippen LogP contribution in [0, 0.1) is 5.92 Å². The number of nitrogens with two attached hydrogens (primary N) is 1. The maximum atomic E-state index is 5.98. The van der Waals surface area contributed by atoms with Crippen molar-refractivity contribution in [3.63, 3.8) is 0 Å². The maximum absolute atomic E-state index is 5.98. The van der Waals surface area contributed by atoms with Crippen LogP contribution in [0.4, 0.5) is 0 Å². The summed E-state index contributed by atoms with van der Waals surface area (Å²) in [6, 6.07) is 0.321. The van der Waals surface area contributed by atoms with Crippen LogP contribution >= 0.6 is 0 Å². The van der Waals surface area contributed by atoms with Gasteiger partial charge < -0.3 is 10.5 Å². The van der Waals surface area contributed by atoms with Gasteiger partial charge in [-0.3, -0.25) is 0 Å². The summed E-state index contributed by atoms with van der Waals surface area (Å²) in [6.45, 7) is 5.26. The zero-order chi connectivity index (χ0) is 11.1. The van der Waals surface area contributed by atoms with Gasteiger partial charge in [0.15, 0.2) is 0 Å². The van der Waals surface area contributed by atoms with Gasteiger partial charge >= 0.3 is 0 Å². The normalized spacial score (nSPS) is 29.0. The highest BCUT2D eigenvalue weighted by molar-refractivity contribution is 4.74. The van der Waals surface area contributed by atoms with Crippen LogP contribution in [0.5, 0.6) is 0 Å². The molecule has 1 saturated carbocycles. The Labute approximate surface area is 94.6 Å². The Hall–Kier alpha value is -0.0800. The van der Waals surface area contributed by atoms with Gasteiger partial charge in [-0.1, -0.05) is 26.2 Å². The van der Waals surface area contributed by atoms with Gasteiger partial charge in [0.25, 0.3) is 0 Å². The summed E-state index contributed by atoms with van der Waals surface area (Å²) in [7, 11) is 0. The molecule has 1 rings (SSSR count). The largest absolute Gasteiger partial charge is 0.378 e. The summed E-state index contributed by atoms with van der Waals surface area (Å²) in [5, 5.41) is 0. The van der Waals surface area contributed by atoms with Gasteiger partial charge in [-0.05, 0) is 38.5 Å². The molecular formula is C13H27NO. The molecule has 0 bridgehead atoms. The fourth-order valence-corrected chi connectivity index (χ4v) is 2.50. The number of hydrogen-bond donors (Lipinski definition) is 1. The lowest BCUT2D eigenvalue weighted by molar-refractivity contribution is -0.0137. The molecule has 2 N–H and O–H groups in total. The van der Waals surface area contributed by atoms with E-state index in [4.69, 9.17) is 10.5 Å². The second-order valence-electron chi connectivity index (χ2n) is 4.98. The van der Waals surface area contributed by atoms with E-state index in [0.717, 1.165) is 25.4 Å². The van der Waals surface area contributed by atoms with Crippen LogP contribution in [-0.4, -0.2) is 18.8 Å². The van der Waals surface area contributed by atoms with E-state index in [9.17, 15) is 0 Å². The molecule has 3 atom stereocenters. The SMILES string of the molecule is CCC1CCCCC1OCCCC(C)N. The van der Waals surface area contributed by atoms with Crippen molar-refractivity contribution in [1.29, 1.82) is 0 Å². The number of rotatable bonds is 6. The Morgan fingerprint density at radius 3 is 2.73 bits per heavy atom. The van der Waals surface area contributed by atoms with Crippen molar-refractivity contribution in [3.05, 3.63) is 0 Å². The molecule has 1 aliphatic rings. The van der Waals surface area contributed by atoms with E-state index in [2.05, 4.69) is 13.8 Å². The van der Waals surface area contributed by atoms with Gasteiger partial charge in [-0.2, -0.15) is 0 Å². The minimum absolute atomic E-state index is 0.321. The summed E-state index contributed by atoms with van der Waals surface area (Å²) in [5.41, 5.74) is 5.71. The second-order valence-corrected chi connectivity index (χ2v) is 4.98. The molecule has 2 nitrogen and oxygen atoms in total. The average Bonchev–Trinajstić information content (AvgIpc) is 2.24. The molecule has 2 heteroatoms. The molecule has 0 radical (unpaired) electrons. The highest BCUT2D eigenvalue weighted by Gasteiger charge is 2.23. The number of hydrogen-bond acceptors (Lipinski definition) is 2. The highest BCUT2D eigenvalue weighted by atomic mass is 16.5. The molecule has 0 heterocycles. The van der Waals surface area contributed by atoms with Gasteiger partial charge in [0.2, 0.25) is 0 Å². The van der Waals surface area contributed by atoms with Crippen LogP contribution in [0.1, 0.15) is 58.8 Å². The van der Waals surface area contributed by atoms with Crippen molar-refractivity contribution >= 4 is 0 Å². The molecule has 1 fully saturated rings. The summed E-state index contributed by atoms with van der Waals surface area (Å²) in [5.74, 6) is 0.814. The van der Waals surface area contributed by atoms with Crippen molar-refractivity contribution in [2.24, 2.45) is 11.7 Å². The third-order valence-electron chi connectivity index (χ3n) is 3.50. The molecule has 3 unspecified atom stereocenters. The van der Waals surface area contributed by atoms with Crippen LogP contribution in [0.2, 0.25) is 0 Å². The number of ether oxygens (including phenoxy) is 1. The fourth-order valence-electron chi connectivity index (χ4n) is 2.50. The van der Waals surface area contributed by atoms with Crippen LogP contribution in [0.3, 0.4) is 0 Å². The fraction of sp³-hybridized carbons (Fsp3) is 1.00. The van der Waals surface area contributed by atoms with Crippen molar-refractivity contribution in [3.8, 4) is 0 Å². The van der Waals surface area contributed by atoms with Gasteiger partial charge in [-0.25, -0.2) is 0 Å². The van der Waals surface area contributed by atoms with E-state index < -0.39 is 0 Å². The van der Waals surface area contributed by atoms with Crippen molar-refractivity contribution in [1.82, 2.24) is 0 Å². The topological polar surface area (TPSA) is 35.2 Å². The van der Waals surface area contributed by atoms with E-state index in [1.54, 1.807) is 0 Å². The molecule has 15 heavy (non-hydrogen) atoms. The first-order valence-corrected chi connectivity index (χ1v) is 6.61. The zero-order valence-corrected chi connectivity index (χ0v) is 10.4. The lowest BCUT2D eigenvalue weighted by atomic mass is 9.85. The minimum atomic E-state index is 0.321. The van der Waals surface area contributed by atoms with Gasteiger partial charge in [-0.15, -0.1) is 0 Å². The maximum Gasteiger partial charge on any atom is 0.0603 e.